The van der Waals surface area contributed by atoms with E-state index in [9.17, 15) is 13.3 Å². The molecule has 294 valence electrons. The summed E-state index contributed by atoms with van der Waals surface area (Å²) in [7, 11) is -2.98. The van der Waals surface area contributed by atoms with E-state index in [4.69, 9.17) is 9.97 Å². The predicted octanol–water partition coefficient (Wildman–Crippen LogP) is 12.9. The molecule has 10 aromatic rings. The third-order valence-corrected chi connectivity index (χ3v) is 14.9. The van der Waals surface area contributed by atoms with Crippen molar-refractivity contribution in [3.8, 4) is 78.7 Å². The summed E-state index contributed by atoms with van der Waals surface area (Å²) in [5.74, 6) is 0.523. The van der Waals surface area contributed by atoms with Gasteiger partial charge < -0.3 is 4.57 Å². The van der Waals surface area contributed by atoms with E-state index in [0.717, 1.165) is 76.8 Å². The summed E-state index contributed by atoms with van der Waals surface area (Å²) in [5, 5.41) is 4.92. The molecule has 0 atom stereocenters. The number of hydrogen-bond acceptors (Lipinski definition) is 4. The van der Waals surface area contributed by atoms with E-state index >= 15 is 0 Å². The summed E-state index contributed by atoms with van der Waals surface area (Å²) in [4.78, 5) is 14.2. The van der Waals surface area contributed by atoms with E-state index in [-0.39, 0.29) is 11.6 Å². The predicted molar refractivity (Wildman–Crippen MR) is 248 cm³/mol. The molecule has 4 nitrogen and oxygen atoms in total. The molecule has 2 heterocycles. The zero-order chi connectivity index (χ0) is 41.8. The first-order valence-corrected chi connectivity index (χ1v) is 22.0. The van der Waals surface area contributed by atoms with Crippen LogP contribution in [0.2, 0.25) is 0 Å². The molecule has 9 aromatic carbocycles. The Morgan fingerprint density at radius 3 is 1.05 bits per heavy atom. The highest BCUT2D eigenvalue weighted by molar-refractivity contribution is 7.86. The lowest BCUT2D eigenvalue weighted by molar-refractivity contribution is 0.593. The van der Waals surface area contributed by atoms with Crippen molar-refractivity contribution in [2.75, 3.05) is 0 Å². The van der Waals surface area contributed by atoms with Crippen LogP contribution in [0, 0.1) is 11.6 Å². The van der Waals surface area contributed by atoms with Crippen LogP contribution in [0.25, 0.3) is 89.4 Å². The van der Waals surface area contributed by atoms with E-state index in [2.05, 4.69) is 102 Å². The van der Waals surface area contributed by atoms with Gasteiger partial charge in [0.15, 0.2) is 24.6 Å². The van der Waals surface area contributed by atoms with Gasteiger partial charge in [-0.2, -0.15) is 0 Å². The van der Waals surface area contributed by atoms with Crippen LogP contribution in [-0.2, 0) is 4.57 Å². The van der Waals surface area contributed by atoms with Crippen LogP contribution < -0.4 is 15.9 Å². The van der Waals surface area contributed by atoms with Gasteiger partial charge in [0.2, 0.25) is 0 Å². The molecule has 0 fully saturated rings. The minimum absolute atomic E-state index is 0.354. The molecule has 7 heteroatoms. The van der Waals surface area contributed by atoms with Crippen LogP contribution >= 0.6 is 7.14 Å². The highest BCUT2D eigenvalue weighted by atomic mass is 31.2. The van der Waals surface area contributed by atoms with Crippen molar-refractivity contribution in [2.45, 2.75) is 0 Å². The molecule has 0 aliphatic carbocycles. The molecule has 1 aliphatic heterocycles. The molecule has 0 saturated carbocycles. The van der Waals surface area contributed by atoms with E-state index in [1.54, 1.807) is 24.3 Å². The molecule has 0 bridgehead atoms. The molecule has 1 aromatic heterocycles. The molecule has 11 rings (SSSR count). The van der Waals surface area contributed by atoms with Gasteiger partial charge in [-0.3, -0.25) is 0 Å². The zero-order valence-electron chi connectivity index (χ0n) is 33.1. The fourth-order valence-corrected chi connectivity index (χ4v) is 11.7. The second kappa shape index (κ2) is 15.1. The fraction of sp³-hybridized carbons (Fsp3) is 0. The Kier molecular flexibility index (Phi) is 9.10. The largest absolute Gasteiger partial charge is 0.309 e. The van der Waals surface area contributed by atoms with Crippen LogP contribution in [0.3, 0.4) is 0 Å². The van der Waals surface area contributed by atoms with Gasteiger partial charge in [0.1, 0.15) is 11.6 Å². The molecule has 0 radical (unpaired) electrons. The topological polar surface area (TPSA) is 55.7 Å². The first-order chi connectivity index (χ1) is 30.4. The first-order valence-electron chi connectivity index (χ1n) is 20.3. The Bertz CT molecular complexity index is 3260. The molecule has 0 spiro atoms. The minimum Gasteiger partial charge on any atom is -0.309 e. The lowest BCUT2D eigenvalue weighted by Gasteiger charge is -2.16. The SMILES string of the molecule is O=P1(c2ccc(-c3ccc(-c4ccc(-c5ccc(-c6nc(-c7ccc(F)cc7)nc(-c7ccc(F)cc7)n6)cc5)c5ccccc45)cc3)cc2)c2ccccc2-c2ccccc21. The van der Waals surface area contributed by atoms with Crippen LogP contribution in [0.4, 0.5) is 8.78 Å². The molecular weight excluding hydrogens is 788 g/mol. The van der Waals surface area contributed by atoms with E-state index in [0.29, 0.717) is 28.6 Å². The summed E-state index contributed by atoms with van der Waals surface area (Å²) in [5.41, 5.74) is 10.7. The van der Waals surface area contributed by atoms with Gasteiger partial charge in [-0.25, -0.2) is 23.7 Å². The number of nitrogens with zero attached hydrogens (tertiary/aromatic N) is 3. The smallest absolute Gasteiger partial charge is 0.172 e. The summed E-state index contributed by atoms with van der Waals surface area (Å²) in [6.07, 6.45) is 0. The van der Waals surface area contributed by atoms with E-state index in [1.807, 2.05) is 60.7 Å². The Morgan fingerprint density at radius 2 is 0.629 bits per heavy atom. The van der Waals surface area contributed by atoms with Crippen molar-refractivity contribution >= 4 is 33.8 Å². The maximum absolute atomic E-state index is 14.9. The van der Waals surface area contributed by atoms with Crippen molar-refractivity contribution in [1.29, 1.82) is 0 Å². The Labute approximate surface area is 357 Å². The van der Waals surface area contributed by atoms with Crippen LogP contribution in [0.15, 0.2) is 206 Å². The lowest BCUT2D eigenvalue weighted by Crippen LogP contribution is -2.20. The van der Waals surface area contributed by atoms with Crippen LogP contribution in [-0.4, -0.2) is 15.0 Å². The second-order valence-electron chi connectivity index (χ2n) is 15.4. The Morgan fingerprint density at radius 1 is 0.306 bits per heavy atom. The molecule has 0 amide bonds. The van der Waals surface area contributed by atoms with Gasteiger partial charge in [-0.05, 0) is 104 Å². The van der Waals surface area contributed by atoms with Crippen molar-refractivity contribution in [1.82, 2.24) is 15.0 Å². The third-order valence-electron chi connectivity index (χ3n) is 11.8. The molecule has 0 N–H and O–H groups in total. The Hall–Kier alpha value is -7.66. The minimum atomic E-state index is -2.98. The first kappa shape index (κ1) is 37.3. The third kappa shape index (κ3) is 6.44. The summed E-state index contributed by atoms with van der Waals surface area (Å²) < 4.78 is 42.5. The molecule has 1 aliphatic rings. The number of fused-ring (bicyclic) bond motifs is 4. The van der Waals surface area contributed by atoms with Gasteiger partial charge in [0.05, 0.1) is 0 Å². The summed E-state index contributed by atoms with van der Waals surface area (Å²) in [6, 6.07) is 65.9. The maximum atomic E-state index is 14.9. The van der Waals surface area contributed by atoms with Crippen molar-refractivity contribution in [3.05, 3.63) is 218 Å². The van der Waals surface area contributed by atoms with Crippen LogP contribution in [0.5, 0.6) is 0 Å². The van der Waals surface area contributed by atoms with Crippen molar-refractivity contribution in [2.24, 2.45) is 0 Å². The Balaban J connectivity index is 0.886. The fourth-order valence-electron chi connectivity index (χ4n) is 8.63. The molecular formula is C55H34F2N3OP. The second-order valence-corrected chi connectivity index (χ2v) is 18.1. The quantitative estimate of drug-likeness (QED) is 0.150. The number of rotatable bonds is 7. The average molecular weight is 822 g/mol. The van der Waals surface area contributed by atoms with Crippen LogP contribution in [0.1, 0.15) is 0 Å². The van der Waals surface area contributed by atoms with Gasteiger partial charge in [-0.15, -0.1) is 0 Å². The van der Waals surface area contributed by atoms with E-state index < -0.39 is 7.14 Å². The number of aromatic nitrogens is 3. The van der Waals surface area contributed by atoms with Gasteiger partial charge >= 0.3 is 0 Å². The summed E-state index contributed by atoms with van der Waals surface area (Å²) in [6.45, 7) is 0. The molecule has 0 saturated heterocycles. The van der Waals surface area contributed by atoms with Gasteiger partial charge in [0, 0.05) is 32.6 Å². The maximum Gasteiger partial charge on any atom is 0.172 e. The van der Waals surface area contributed by atoms with Crippen molar-refractivity contribution in [3.63, 3.8) is 0 Å². The molecule has 0 unspecified atom stereocenters. The lowest BCUT2D eigenvalue weighted by atomic mass is 9.91. The summed E-state index contributed by atoms with van der Waals surface area (Å²) >= 11 is 0. The standard InChI is InChI=1S/C55H34F2N3OP/c56-42-27-21-40(22-28-42)54-58-53(59-55(60-54)41-23-29-43(57)30-24-41)39-19-17-38(18-20-39)46-34-33-45(47-7-1-2-8-48(46)47)37-15-13-35(14-16-37)36-25-31-44(32-26-36)62(61)51-11-5-3-9-49(51)50-10-4-6-12-52(50)62/h1-34H. The average Bonchev–Trinajstić information content (AvgIpc) is 3.60. The highest BCUT2D eigenvalue weighted by Gasteiger charge is 2.39. The normalized spacial score (nSPS) is 12.5. The van der Waals surface area contributed by atoms with Gasteiger partial charge in [-0.1, -0.05) is 158 Å². The van der Waals surface area contributed by atoms with E-state index in [1.165, 1.54) is 24.3 Å². The van der Waals surface area contributed by atoms with Gasteiger partial charge in [0.25, 0.3) is 0 Å². The highest BCUT2D eigenvalue weighted by Crippen LogP contribution is 2.52. The number of benzene rings is 9. The number of hydrogen-bond donors (Lipinski definition) is 0. The molecule has 62 heavy (non-hydrogen) atoms. The zero-order valence-corrected chi connectivity index (χ0v) is 34.0. The van der Waals surface area contributed by atoms with Crippen molar-refractivity contribution < 1.29 is 13.3 Å². The monoisotopic (exact) mass is 821 g/mol. The number of halogens is 2.